The number of nitrogens with zero attached hydrogens (tertiary/aromatic N) is 1. The average molecular weight is 425 g/mol. The van der Waals surface area contributed by atoms with E-state index in [1.165, 1.54) is 14.2 Å². The molecular weight excluding hydrogens is 404 g/mol. The maximum atomic E-state index is 12.4. The quantitative estimate of drug-likeness (QED) is 0.420. The third-order valence-corrected chi connectivity index (χ3v) is 4.38. The Balaban J connectivity index is 1.61. The zero-order valence-corrected chi connectivity index (χ0v) is 17.3. The van der Waals surface area contributed by atoms with Crippen LogP contribution < -0.4 is 19.6 Å². The average Bonchev–Trinajstić information content (AvgIpc) is 2.77. The van der Waals surface area contributed by atoms with Crippen molar-refractivity contribution in [2.24, 2.45) is 5.10 Å². The van der Waals surface area contributed by atoms with E-state index >= 15 is 0 Å². The highest BCUT2D eigenvalue weighted by Crippen LogP contribution is 2.22. The second kappa shape index (κ2) is 10.3. The summed E-state index contributed by atoms with van der Waals surface area (Å²) in [5.74, 6) is 1.35. The third kappa shape index (κ3) is 5.99. The molecule has 0 unspecified atom stereocenters. The van der Waals surface area contributed by atoms with Crippen LogP contribution in [-0.4, -0.2) is 26.3 Å². The van der Waals surface area contributed by atoms with E-state index in [2.05, 4.69) is 10.5 Å². The molecule has 0 bridgehead atoms. The van der Waals surface area contributed by atoms with Crippen molar-refractivity contribution >= 4 is 23.7 Å². The topological polar surface area (TPSA) is 69.2 Å². The summed E-state index contributed by atoms with van der Waals surface area (Å²) in [7, 11) is 3.05. The summed E-state index contributed by atoms with van der Waals surface area (Å²) in [6.45, 7) is 0.398. The molecule has 3 aromatic rings. The molecule has 0 atom stereocenters. The Morgan fingerprint density at radius 3 is 2.40 bits per heavy atom. The summed E-state index contributed by atoms with van der Waals surface area (Å²) in [5.41, 5.74) is 4.63. The molecule has 1 N–H and O–H groups in total. The molecule has 7 heteroatoms. The van der Waals surface area contributed by atoms with Crippen LogP contribution in [0.3, 0.4) is 0 Å². The minimum Gasteiger partial charge on any atom is -0.497 e. The van der Waals surface area contributed by atoms with Crippen molar-refractivity contribution in [3.8, 4) is 17.2 Å². The van der Waals surface area contributed by atoms with E-state index in [1.54, 1.807) is 24.4 Å². The predicted octanol–water partition coefficient (Wildman–Crippen LogP) is 4.70. The van der Waals surface area contributed by atoms with Crippen LogP contribution in [0.1, 0.15) is 21.5 Å². The number of ether oxygens (including phenoxy) is 3. The molecule has 0 spiro atoms. The molecule has 0 aliphatic carbocycles. The van der Waals surface area contributed by atoms with Gasteiger partial charge in [0.2, 0.25) is 0 Å². The van der Waals surface area contributed by atoms with Crippen LogP contribution in [0.5, 0.6) is 17.2 Å². The second-order valence-electron chi connectivity index (χ2n) is 6.29. The number of carbonyl (C=O) groups excluding carboxylic acids is 1. The SMILES string of the molecule is COc1cc(OC)cc(C(=O)N/N=C\c2cccc(OCc3cccc(Cl)c3)c2)c1. The van der Waals surface area contributed by atoms with Crippen molar-refractivity contribution in [1.29, 1.82) is 0 Å². The van der Waals surface area contributed by atoms with Crippen LogP contribution in [-0.2, 0) is 6.61 Å². The molecule has 6 nitrogen and oxygen atoms in total. The largest absolute Gasteiger partial charge is 0.497 e. The second-order valence-corrected chi connectivity index (χ2v) is 6.73. The fourth-order valence-corrected chi connectivity index (χ4v) is 2.86. The van der Waals surface area contributed by atoms with Crippen molar-refractivity contribution in [2.45, 2.75) is 6.61 Å². The number of hydrazone groups is 1. The first-order valence-electron chi connectivity index (χ1n) is 9.11. The van der Waals surface area contributed by atoms with Gasteiger partial charge in [-0.3, -0.25) is 4.79 Å². The molecule has 3 aromatic carbocycles. The number of nitrogens with one attached hydrogen (secondary N) is 1. The van der Waals surface area contributed by atoms with Gasteiger partial charge in [-0.05, 0) is 47.5 Å². The number of amides is 1. The lowest BCUT2D eigenvalue weighted by Gasteiger charge is -2.08. The van der Waals surface area contributed by atoms with Gasteiger partial charge in [-0.25, -0.2) is 5.43 Å². The van der Waals surface area contributed by atoms with Crippen LogP contribution in [0.4, 0.5) is 0 Å². The number of hydrogen-bond acceptors (Lipinski definition) is 5. The number of methoxy groups -OCH3 is 2. The Labute approximate surface area is 180 Å². The first-order valence-corrected chi connectivity index (χ1v) is 9.49. The van der Waals surface area contributed by atoms with Crippen molar-refractivity contribution in [3.05, 3.63) is 88.4 Å². The number of benzene rings is 3. The molecule has 0 aliphatic rings. The molecule has 154 valence electrons. The number of hydrogen-bond donors (Lipinski definition) is 1. The minimum atomic E-state index is -0.378. The Kier molecular flexibility index (Phi) is 7.29. The van der Waals surface area contributed by atoms with Crippen LogP contribution in [0.15, 0.2) is 71.8 Å². The highest BCUT2D eigenvalue weighted by Gasteiger charge is 2.09. The molecule has 0 saturated carbocycles. The highest BCUT2D eigenvalue weighted by atomic mass is 35.5. The van der Waals surface area contributed by atoms with Gasteiger partial charge in [0.05, 0.1) is 20.4 Å². The molecule has 0 fully saturated rings. The fourth-order valence-electron chi connectivity index (χ4n) is 2.65. The number of carbonyl (C=O) groups is 1. The molecular formula is C23H21ClN2O4. The van der Waals surface area contributed by atoms with Crippen molar-refractivity contribution in [1.82, 2.24) is 5.43 Å². The van der Waals surface area contributed by atoms with Gasteiger partial charge in [0, 0.05) is 16.7 Å². The Hall–Kier alpha value is -3.51. The van der Waals surface area contributed by atoms with Gasteiger partial charge in [0.1, 0.15) is 23.9 Å². The lowest BCUT2D eigenvalue weighted by atomic mass is 10.2. The van der Waals surface area contributed by atoms with Crippen LogP contribution in [0, 0.1) is 0 Å². The van der Waals surface area contributed by atoms with Crippen molar-refractivity contribution in [3.63, 3.8) is 0 Å². The molecule has 0 aliphatic heterocycles. The third-order valence-electron chi connectivity index (χ3n) is 4.15. The van der Waals surface area contributed by atoms with E-state index in [0.717, 1.165) is 11.1 Å². The number of halogens is 1. The molecule has 0 aromatic heterocycles. The zero-order chi connectivity index (χ0) is 21.3. The fraction of sp³-hybridized carbons (Fsp3) is 0.130. The summed E-state index contributed by atoms with van der Waals surface area (Å²) < 4.78 is 16.2. The molecule has 3 rings (SSSR count). The molecule has 0 radical (unpaired) electrons. The smallest absolute Gasteiger partial charge is 0.271 e. The standard InChI is InChI=1S/C23H21ClN2O4/c1-28-21-11-18(12-22(13-21)29-2)23(27)26-25-14-16-5-4-8-20(10-16)30-15-17-6-3-7-19(24)9-17/h3-14H,15H2,1-2H3,(H,26,27)/b25-14-. The summed E-state index contributed by atoms with van der Waals surface area (Å²) in [6.07, 6.45) is 1.54. The summed E-state index contributed by atoms with van der Waals surface area (Å²) in [5, 5.41) is 4.69. The summed E-state index contributed by atoms with van der Waals surface area (Å²) in [4.78, 5) is 12.4. The normalized spacial score (nSPS) is 10.6. The molecule has 30 heavy (non-hydrogen) atoms. The number of rotatable bonds is 8. The van der Waals surface area contributed by atoms with Gasteiger partial charge < -0.3 is 14.2 Å². The van der Waals surface area contributed by atoms with Gasteiger partial charge in [0.25, 0.3) is 5.91 Å². The lowest BCUT2D eigenvalue weighted by Crippen LogP contribution is -2.17. The van der Waals surface area contributed by atoms with Crippen LogP contribution in [0.25, 0.3) is 0 Å². The first kappa shape index (κ1) is 21.2. The summed E-state index contributed by atoms with van der Waals surface area (Å²) >= 11 is 5.99. The zero-order valence-electron chi connectivity index (χ0n) is 16.6. The molecule has 0 saturated heterocycles. The van der Waals surface area contributed by atoms with E-state index in [4.69, 9.17) is 25.8 Å². The summed E-state index contributed by atoms with van der Waals surface area (Å²) in [6, 6.07) is 19.8. The van der Waals surface area contributed by atoms with E-state index in [0.29, 0.717) is 34.4 Å². The van der Waals surface area contributed by atoms with Gasteiger partial charge in [-0.2, -0.15) is 5.10 Å². The van der Waals surface area contributed by atoms with E-state index in [1.807, 2.05) is 48.5 Å². The minimum absolute atomic E-state index is 0.377. The predicted molar refractivity (Wildman–Crippen MR) is 117 cm³/mol. The maximum absolute atomic E-state index is 12.4. The Bertz CT molecular complexity index is 1030. The Morgan fingerprint density at radius 1 is 0.967 bits per heavy atom. The van der Waals surface area contributed by atoms with E-state index in [-0.39, 0.29) is 5.91 Å². The highest BCUT2D eigenvalue weighted by molar-refractivity contribution is 6.30. The van der Waals surface area contributed by atoms with Crippen molar-refractivity contribution in [2.75, 3.05) is 14.2 Å². The molecule has 1 amide bonds. The van der Waals surface area contributed by atoms with Crippen LogP contribution in [0.2, 0.25) is 5.02 Å². The first-order chi connectivity index (χ1) is 14.6. The van der Waals surface area contributed by atoms with Crippen molar-refractivity contribution < 1.29 is 19.0 Å². The van der Waals surface area contributed by atoms with E-state index in [9.17, 15) is 4.79 Å². The van der Waals surface area contributed by atoms with Gasteiger partial charge >= 0.3 is 0 Å². The van der Waals surface area contributed by atoms with Crippen LogP contribution >= 0.6 is 11.6 Å². The maximum Gasteiger partial charge on any atom is 0.271 e. The van der Waals surface area contributed by atoms with E-state index < -0.39 is 0 Å². The molecule has 0 heterocycles. The van der Waals surface area contributed by atoms with Gasteiger partial charge in [-0.15, -0.1) is 0 Å². The Morgan fingerprint density at radius 2 is 1.70 bits per heavy atom. The lowest BCUT2D eigenvalue weighted by molar-refractivity contribution is 0.0954. The monoisotopic (exact) mass is 424 g/mol. The van der Waals surface area contributed by atoms with Gasteiger partial charge in [0.15, 0.2) is 0 Å². The van der Waals surface area contributed by atoms with Gasteiger partial charge in [-0.1, -0.05) is 35.9 Å².